The third-order valence-electron chi connectivity index (χ3n) is 0. The third-order valence-corrected chi connectivity index (χ3v) is 0. The van der Waals surface area contributed by atoms with E-state index in [4.69, 9.17) is 0 Å². The van der Waals surface area contributed by atoms with Gasteiger partial charge >= 0.3 is 0 Å². The zero-order valence-electron chi connectivity index (χ0n) is 2.62. The molecule has 0 fully saturated rings. The van der Waals surface area contributed by atoms with Gasteiger partial charge in [-0.2, -0.15) is 0 Å². The standard InChI is InChI=1S/3Cd.Zr. The van der Waals surface area contributed by atoms with Gasteiger partial charge in [-0.3, -0.25) is 0 Å². The summed E-state index contributed by atoms with van der Waals surface area (Å²) in [5, 5.41) is 0. The summed E-state index contributed by atoms with van der Waals surface area (Å²) in [5.74, 6) is 0. The van der Waals surface area contributed by atoms with Crippen molar-refractivity contribution in [3.05, 3.63) is 0 Å². The molecule has 4 heteroatoms. The fourth-order valence-electron chi connectivity index (χ4n) is 0. The average molecular weight is 428 g/mol. The van der Waals surface area contributed by atoms with E-state index in [1.54, 1.807) is 0 Å². The minimum atomic E-state index is 0. The van der Waals surface area contributed by atoms with Gasteiger partial charge in [0, 0.05) is 108 Å². The molecular formula is Cd3Zr. The Morgan fingerprint density at radius 2 is 0.500 bits per heavy atom. The fraction of sp³-hybridized carbons (Fsp3) is 0. The van der Waals surface area contributed by atoms with E-state index in [-0.39, 0.29) is 108 Å². The summed E-state index contributed by atoms with van der Waals surface area (Å²) in [4.78, 5) is 0. The zero-order valence-corrected chi connectivity index (χ0v) is 17.2. The van der Waals surface area contributed by atoms with Crippen molar-refractivity contribution in [1.82, 2.24) is 0 Å². The van der Waals surface area contributed by atoms with Gasteiger partial charge in [-0.15, -0.1) is 0 Å². The average Bonchev–Trinajstić information content (AvgIpc) is 0. The van der Waals surface area contributed by atoms with Crippen LogP contribution in [0.25, 0.3) is 0 Å². The molecule has 10 valence electrons. The topological polar surface area (TPSA) is 0 Å². The van der Waals surface area contributed by atoms with Gasteiger partial charge in [-0.05, 0) is 0 Å². The number of hydrogen-bond donors (Lipinski definition) is 0. The summed E-state index contributed by atoms with van der Waals surface area (Å²) in [6.45, 7) is 0. The molecule has 0 atom stereocenters. The summed E-state index contributed by atoms with van der Waals surface area (Å²) in [6.07, 6.45) is 0. The Morgan fingerprint density at radius 3 is 0.500 bits per heavy atom. The quantitative estimate of drug-likeness (QED) is 0.477. The van der Waals surface area contributed by atoms with Crippen LogP contribution in [0.1, 0.15) is 0 Å². The number of hydrogen-bond acceptors (Lipinski definition) is 0. The summed E-state index contributed by atoms with van der Waals surface area (Å²) >= 11 is 0. The van der Waals surface area contributed by atoms with Crippen LogP contribution in [0.2, 0.25) is 0 Å². The Morgan fingerprint density at radius 1 is 0.500 bits per heavy atom. The Kier molecular flexibility index (Phi) is 101. The Labute approximate surface area is 105 Å². The molecule has 0 nitrogen and oxygen atoms in total. The molecule has 0 aromatic rings. The molecule has 4 heavy (non-hydrogen) atoms. The smallest absolute Gasteiger partial charge is 0 e. The van der Waals surface area contributed by atoms with Crippen molar-refractivity contribution in [2.75, 3.05) is 0 Å². The van der Waals surface area contributed by atoms with E-state index in [1.165, 1.54) is 0 Å². The molecule has 0 aliphatic carbocycles. The van der Waals surface area contributed by atoms with Crippen molar-refractivity contribution in [2.24, 2.45) is 0 Å². The zero-order chi connectivity index (χ0) is 0. The first-order valence-electron chi connectivity index (χ1n) is 0. The number of rotatable bonds is 0. The molecule has 0 aromatic carbocycles. The molecule has 0 saturated heterocycles. The second-order valence-electron chi connectivity index (χ2n) is 0. The molecule has 0 saturated carbocycles. The van der Waals surface area contributed by atoms with Gasteiger partial charge < -0.3 is 0 Å². The van der Waals surface area contributed by atoms with Crippen LogP contribution in [0.15, 0.2) is 0 Å². The van der Waals surface area contributed by atoms with Gasteiger partial charge in [-0.1, -0.05) is 0 Å². The Bertz CT molecular complexity index is 3.25. The van der Waals surface area contributed by atoms with Crippen LogP contribution < -0.4 is 0 Å². The fourth-order valence-corrected chi connectivity index (χ4v) is 0. The normalized spacial score (nSPS) is 0. The largest absolute Gasteiger partial charge is 0 e. The second-order valence-corrected chi connectivity index (χ2v) is 0. The minimum absolute atomic E-state index is 0. The van der Waals surface area contributed by atoms with Crippen molar-refractivity contribution in [3.63, 3.8) is 0 Å². The minimum Gasteiger partial charge on any atom is 0 e. The van der Waals surface area contributed by atoms with Crippen molar-refractivity contribution in [3.8, 4) is 0 Å². The van der Waals surface area contributed by atoms with Gasteiger partial charge in [0.2, 0.25) is 0 Å². The molecule has 0 bridgehead atoms. The van der Waals surface area contributed by atoms with Crippen LogP contribution >= 0.6 is 0 Å². The predicted octanol–water partition coefficient (Wildman–Crippen LogP) is -0.0100. The van der Waals surface area contributed by atoms with Crippen molar-refractivity contribution >= 4 is 0 Å². The predicted molar refractivity (Wildman–Crippen MR) is 0 cm³/mol. The van der Waals surface area contributed by atoms with Crippen molar-refractivity contribution in [1.29, 1.82) is 0 Å². The second kappa shape index (κ2) is 15.9. The SMILES string of the molecule is [Cd].[Cd].[Cd].[Zr]. The van der Waals surface area contributed by atoms with E-state index in [0.717, 1.165) is 0 Å². The van der Waals surface area contributed by atoms with Crippen LogP contribution in [-0.4, -0.2) is 0 Å². The third kappa shape index (κ3) is 9.17. The van der Waals surface area contributed by atoms with E-state index in [1.807, 2.05) is 0 Å². The van der Waals surface area contributed by atoms with Crippen LogP contribution in [0, 0.1) is 0 Å². The van der Waals surface area contributed by atoms with Crippen LogP contribution in [0.5, 0.6) is 0 Å². The monoisotopic (exact) mass is 432 g/mol. The summed E-state index contributed by atoms with van der Waals surface area (Å²) < 4.78 is 0. The molecule has 0 unspecified atom stereocenters. The maximum atomic E-state index is 0. The molecule has 0 rings (SSSR count). The van der Waals surface area contributed by atoms with Crippen molar-refractivity contribution in [2.45, 2.75) is 0 Å². The maximum Gasteiger partial charge on any atom is 0 e. The molecule has 0 aliphatic rings. The molecular weight excluding hydrogens is 428 g/mol. The first-order chi connectivity index (χ1) is 0. The first-order valence-corrected chi connectivity index (χ1v) is 0. The molecule has 0 heterocycles. The molecule has 0 radical (unpaired) electrons. The van der Waals surface area contributed by atoms with Crippen LogP contribution in [0.3, 0.4) is 0 Å². The molecule has 0 spiro atoms. The summed E-state index contributed by atoms with van der Waals surface area (Å²) in [6, 6.07) is 0. The van der Waals surface area contributed by atoms with E-state index >= 15 is 0 Å². The maximum absolute atomic E-state index is 0. The van der Waals surface area contributed by atoms with E-state index < -0.39 is 0 Å². The van der Waals surface area contributed by atoms with Crippen LogP contribution in [0.4, 0.5) is 0 Å². The van der Waals surface area contributed by atoms with Gasteiger partial charge in [0.05, 0.1) is 0 Å². The van der Waals surface area contributed by atoms with Gasteiger partial charge in [0.1, 0.15) is 0 Å². The molecule has 0 amide bonds. The Hall–Kier alpha value is 3.65. The van der Waals surface area contributed by atoms with Crippen molar-refractivity contribution < 1.29 is 108 Å². The van der Waals surface area contributed by atoms with Crippen LogP contribution in [-0.2, 0) is 108 Å². The molecule has 0 N–H and O–H groups in total. The van der Waals surface area contributed by atoms with Gasteiger partial charge in [0.15, 0.2) is 0 Å². The summed E-state index contributed by atoms with van der Waals surface area (Å²) in [7, 11) is 0. The van der Waals surface area contributed by atoms with E-state index in [9.17, 15) is 0 Å². The first kappa shape index (κ1) is 25.4. The van der Waals surface area contributed by atoms with E-state index in [0.29, 0.717) is 0 Å². The molecule has 0 aromatic heterocycles. The van der Waals surface area contributed by atoms with Gasteiger partial charge in [-0.25, -0.2) is 0 Å². The Balaban J connectivity index is 0. The summed E-state index contributed by atoms with van der Waals surface area (Å²) in [5.41, 5.74) is 0. The van der Waals surface area contributed by atoms with E-state index in [2.05, 4.69) is 0 Å². The molecule has 0 aliphatic heterocycles. The van der Waals surface area contributed by atoms with Gasteiger partial charge in [0.25, 0.3) is 0 Å².